The Morgan fingerprint density at radius 2 is 0.553 bits per heavy atom. The van der Waals surface area contributed by atoms with Crippen LogP contribution in [0.4, 0.5) is 34.1 Å². The average molecular weight is 1030 g/mol. The van der Waals surface area contributed by atoms with Gasteiger partial charge >= 0.3 is 0 Å². The summed E-state index contributed by atoms with van der Waals surface area (Å²) in [6.07, 6.45) is 46.8. The lowest BCUT2D eigenvalue weighted by Crippen LogP contribution is -2.26. The number of unbranched alkanes of at least 4 members (excludes halogenated alkanes) is 28. The van der Waals surface area contributed by atoms with Crippen LogP contribution in [-0.2, 0) is 0 Å². The summed E-state index contributed by atoms with van der Waals surface area (Å²) in [5, 5.41) is 0. The number of nitrogens with zero attached hydrogens (tertiary/aromatic N) is 4. The molecular formula is C72H112N4+2. The van der Waals surface area contributed by atoms with Gasteiger partial charge in [0.25, 0.3) is 0 Å². The van der Waals surface area contributed by atoms with E-state index in [1.54, 1.807) is 0 Å². The molecule has 0 amide bonds. The molecule has 1 aliphatic rings. The molecule has 0 unspecified atom stereocenters. The quantitative estimate of drug-likeness (QED) is 0.0324. The van der Waals surface area contributed by atoms with Gasteiger partial charge in [0.2, 0.25) is 28.5 Å². The number of aryl methyl sites for hydroxylation is 2. The molecular weight excluding hydrogens is 921 g/mol. The van der Waals surface area contributed by atoms with Crippen LogP contribution in [0.3, 0.4) is 0 Å². The van der Waals surface area contributed by atoms with Crippen LogP contribution in [-0.4, -0.2) is 37.6 Å². The van der Waals surface area contributed by atoms with Crippen molar-refractivity contribution in [3.8, 4) is 0 Å². The first-order valence-electron chi connectivity index (χ1n) is 32.2. The van der Waals surface area contributed by atoms with Gasteiger partial charge in [0, 0.05) is 97.7 Å². The largest absolute Gasteiger partial charge is 0.372 e. The number of allylic oxidation sites excluding steroid dienone is 2. The Hall–Kier alpha value is -4.44. The fraction of sp³-hybridized carbons (Fsp3) is 0.611. The lowest BCUT2D eigenvalue weighted by atomic mass is 10.1. The monoisotopic (exact) mass is 1030 g/mol. The van der Waals surface area contributed by atoms with Crippen molar-refractivity contribution in [2.24, 2.45) is 0 Å². The van der Waals surface area contributed by atoms with E-state index in [-0.39, 0.29) is 0 Å². The van der Waals surface area contributed by atoms with Crippen molar-refractivity contribution in [3.05, 3.63) is 120 Å². The molecule has 4 aromatic carbocycles. The molecule has 4 heteroatoms. The van der Waals surface area contributed by atoms with Gasteiger partial charge in [0.05, 0.1) is 0 Å². The Morgan fingerprint density at radius 1 is 0.303 bits per heavy atom. The van der Waals surface area contributed by atoms with Crippen molar-refractivity contribution < 1.29 is 0 Å². The molecule has 4 aromatic rings. The maximum absolute atomic E-state index is 2.73. The Kier molecular flexibility index (Phi) is 31.4. The third-order valence-electron chi connectivity index (χ3n) is 16.4. The Morgan fingerprint density at radius 3 is 0.842 bits per heavy atom. The van der Waals surface area contributed by atoms with E-state index < -0.39 is 0 Å². The summed E-state index contributed by atoms with van der Waals surface area (Å²) in [4.78, 5) is 5.46. The van der Waals surface area contributed by atoms with Crippen molar-refractivity contribution in [3.63, 3.8) is 0 Å². The minimum absolute atomic E-state index is 0.836. The Bertz CT molecular complexity index is 2030. The zero-order valence-corrected chi connectivity index (χ0v) is 50.3. The molecule has 0 aliphatic heterocycles. The van der Waals surface area contributed by atoms with Crippen LogP contribution in [0.2, 0.25) is 0 Å². The second-order valence-electron chi connectivity index (χ2n) is 23.2. The summed E-state index contributed by atoms with van der Waals surface area (Å²) in [6.45, 7) is 20.6. The van der Waals surface area contributed by atoms with E-state index >= 15 is 0 Å². The summed E-state index contributed by atoms with van der Waals surface area (Å²) in [6, 6.07) is 37.7. The highest BCUT2D eigenvalue weighted by Crippen LogP contribution is 2.32. The van der Waals surface area contributed by atoms with E-state index in [2.05, 4.69) is 171 Å². The molecule has 0 saturated heterocycles. The average Bonchev–Trinajstić information content (AvgIpc) is 3.81. The lowest BCUT2D eigenvalue weighted by Gasteiger charge is -2.25. The number of hydrogen-bond acceptors (Lipinski definition) is 2. The highest BCUT2D eigenvalue weighted by atomic mass is 15.1. The first-order chi connectivity index (χ1) is 37.4. The molecule has 1 aliphatic carbocycles. The first kappa shape index (κ1) is 62.4. The van der Waals surface area contributed by atoms with E-state index in [1.165, 1.54) is 268 Å². The number of benzene rings is 4. The molecule has 0 bridgehead atoms. The van der Waals surface area contributed by atoms with Crippen LogP contribution in [0, 0.1) is 13.8 Å². The molecule has 0 N–H and O–H groups in total. The van der Waals surface area contributed by atoms with E-state index in [4.69, 9.17) is 0 Å². The van der Waals surface area contributed by atoms with Crippen LogP contribution >= 0.6 is 0 Å². The fourth-order valence-corrected chi connectivity index (χ4v) is 11.5. The molecule has 0 heterocycles. The second-order valence-corrected chi connectivity index (χ2v) is 23.2. The van der Waals surface area contributed by atoms with Crippen molar-refractivity contribution >= 4 is 45.5 Å². The van der Waals surface area contributed by atoms with Crippen molar-refractivity contribution in [2.45, 2.75) is 260 Å². The summed E-state index contributed by atoms with van der Waals surface area (Å²) < 4.78 is 5.08. The van der Waals surface area contributed by atoms with Crippen LogP contribution < -0.4 is 19.0 Å². The number of anilines is 2. The van der Waals surface area contributed by atoms with Crippen LogP contribution in [0.5, 0.6) is 0 Å². The fourth-order valence-electron chi connectivity index (χ4n) is 11.5. The molecule has 5 rings (SSSR count). The normalized spacial score (nSPS) is 12.4. The van der Waals surface area contributed by atoms with Crippen LogP contribution in [0.1, 0.15) is 258 Å². The van der Waals surface area contributed by atoms with Crippen molar-refractivity contribution in [1.82, 2.24) is 9.15 Å². The summed E-state index contributed by atoms with van der Waals surface area (Å²) in [5.41, 5.74) is 14.2. The van der Waals surface area contributed by atoms with Gasteiger partial charge in [-0.1, -0.05) is 243 Å². The van der Waals surface area contributed by atoms with E-state index in [1.807, 2.05) is 0 Å². The SMILES string of the molecule is CCCCCCCCCCN(CCCCCCCCCC)c1ccc([N+](=C2CC(=[N+](c3ccc(C)cc3)c3ccc(C)cc3)C=C2C)c2ccc(N(CCCCCCCCCC)CCCCCCCCCC)cc2)cc1. The third-order valence-corrected chi connectivity index (χ3v) is 16.4. The molecule has 0 radical (unpaired) electrons. The topological polar surface area (TPSA) is 12.5 Å². The molecule has 0 spiro atoms. The van der Waals surface area contributed by atoms with Gasteiger partial charge in [-0.2, -0.15) is 9.15 Å². The maximum Gasteiger partial charge on any atom is 0.211 e. The van der Waals surface area contributed by atoms with Gasteiger partial charge in [-0.15, -0.1) is 0 Å². The molecule has 76 heavy (non-hydrogen) atoms. The Balaban J connectivity index is 1.47. The maximum atomic E-state index is 2.73. The smallest absolute Gasteiger partial charge is 0.211 e. The van der Waals surface area contributed by atoms with Gasteiger partial charge < -0.3 is 9.80 Å². The van der Waals surface area contributed by atoms with Gasteiger partial charge in [-0.25, -0.2) is 0 Å². The molecule has 0 atom stereocenters. The van der Waals surface area contributed by atoms with Crippen LogP contribution in [0.15, 0.2) is 109 Å². The number of hydrogen-bond donors (Lipinski definition) is 0. The van der Waals surface area contributed by atoms with Gasteiger partial charge in [0.1, 0.15) is 6.42 Å². The predicted molar refractivity (Wildman–Crippen MR) is 341 cm³/mol. The van der Waals surface area contributed by atoms with Gasteiger partial charge in [-0.3, -0.25) is 0 Å². The highest BCUT2D eigenvalue weighted by Gasteiger charge is 2.34. The minimum atomic E-state index is 0.836. The van der Waals surface area contributed by atoms with E-state index in [0.717, 1.165) is 32.6 Å². The van der Waals surface area contributed by atoms with Crippen molar-refractivity contribution in [2.75, 3.05) is 36.0 Å². The lowest BCUT2D eigenvalue weighted by molar-refractivity contribution is 0.555. The first-order valence-corrected chi connectivity index (χ1v) is 32.2. The highest BCUT2D eigenvalue weighted by molar-refractivity contribution is 6.25. The molecule has 0 saturated carbocycles. The standard InChI is InChI=1S/C72H112N4/c1-8-12-16-20-24-28-32-36-56-73(57-37-33-29-25-21-17-13-9-2)65-48-52-69(53-49-65)76(72-61-71(60-64(72)7)75(67-44-40-62(5)41-45-67)68-46-42-63(6)43-47-68)70-54-50-66(51-55-70)74(58-38-34-30-26-22-18-14-10-3)59-39-35-31-27-23-19-15-11-4/h40-55,60H,8-39,56-59,61H2,1-7H3/q+2. The molecule has 0 aromatic heterocycles. The minimum Gasteiger partial charge on any atom is -0.372 e. The van der Waals surface area contributed by atoms with Gasteiger partial charge in [0.15, 0.2) is 5.71 Å². The van der Waals surface area contributed by atoms with Crippen molar-refractivity contribution in [1.29, 1.82) is 0 Å². The zero-order valence-electron chi connectivity index (χ0n) is 50.3. The van der Waals surface area contributed by atoms with Crippen LogP contribution in [0.25, 0.3) is 0 Å². The Labute approximate surface area is 468 Å². The summed E-state index contributed by atoms with van der Waals surface area (Å²) in [7, 11) is 0. The van der Waals surface area contributed by atoms with Gasteiger partial charge in [-0.05, 0) is 70.7 Å². The predicted octanol–water partition coefficient (Wildman–Crippen LogP) is 22.1. The molecule has 418 valence electrons. The number of rotatable bonds is 42. The van der Waals surface area contributed by atoms with E-state index in [9.17, 15) is 0 Å². The summed E-state index contributed by atoms with van der Waals surface area (Å²) in [5.74, 6) is 0. The molecule has 4 nitrogen and oxygen atoms in total. The molecule has 0 fully saturated rings. The zero-order chi connectivity index (χ0) is 53.8. The second kappa shape index (κ2) is 38.2. The summed E-state index contributed by atoms with van der Waals surface area (Å²) >= 11 is 0. The van der Waals surface area contributed by atoms with E-state index in [0.29, 0.717) is 0 Å². The third kappa shape index (κ3) is 22.9.